The van der Waals surface area contributed by atoms with E-state index in [0.29, 0.717) is 13.1 Å². The van der Waals surface area contributed by atoms with Crippen LogP contribution in [0.5, 0.6) is 0 Å². The van der Waals surface area contributed by atoms with Crippen molar-refractivity contribution in [2.45, 2.75) is 25.6 Å². The molecule has 0 bridgehead atoms. The quantitative estimate of drug-likeness (QED) is 0.549. The van der Waals surface area contributed by atoms with Gasteiger partial charge >= 0.3 is 6.03 Å². The predicted molar refractivity (Wildman–Crippen MR) is 102 cm³/mol. The van der Waals surface area contributed by atoms with Crippen molar-refractivity contribution in [1.82, 2.24) is 25.4 Å². The molecule has 8 nitrogen and oxygen atoms in total. The van der Waals surface area contributed by atoms with Crippen LogP contribution in [0.2, 0.25) is 0 Å². The fourth-order valence-corrected chi connectivity index (χ4v) is 3.38. The molecule has 0 saturated heterocycles. The lowest BCUT2D eigenvalue weighted by molar-refractivity contribution is -0.121. The molecule has 0 aliphatic heterocycles. The van der Waals surface area contributed by atoms with Crippen molar-refractivity contribution in [2.24, 2.45) is 5.73 Å². The first-order valence-electron chi connectivity index (χ1n) is 8.36. The molecule has 0 aliphatic rings. The van der Waals surface area contributed by atoms with Gasteiger partial charge < -0.3 is 16.4 Å². The summed E-state index contributed by atoms with van der Waals surface area (Å²) in [6, 6.07) is 10.6. The molecule has 0 spiro atoms. The van der Waals surface area contributed by atoms with Crippen molar-refractivity contribution < 1.29 is 9.59 Å². The number of amides is 3. The van der Waals surface area contributed by atoms with E-state index in [-0.39, 0.29) is 12.3 Å². The van der Waals surface area contributed by atoms with Gasteiger partial charge in [0.1, 0.15) is 12.7 Å². The Balaban J connectivity index is 1.51. The molecule has 1 atom stereocenters. The van der Waals surface area contributed by atoms with Crippen LogP contribution in [-0.2, 0) is 17.9 Å². The molecule has 0 radical (unpaired) electrons. The van der Waals surface area contributed by atoms with Crippen LogP contribution in [0.3, 0.4) is 0 Å². The number of carbonyl (C=O) groups is 2. The first-order chi connectivity index (χ1) is 13.1. The van der Waals surface area contributed by atoms with E-state index in [4.69, 9.17) is 5.73 Å². The fourth-order valence-electron chi connectivity index (χ4n) is 2.61. The molecular weight excluding hydrogens is 364 g/mol. The predicted octanol–water partition coefficient (Wildman–Crippen LogP) is 1.80. The van der Waals surface area contributed by atoms with Crippen molar-refractivity contribution in [3.05, 3.63) is 70.4 Å². The van der Waals surface area contributed by atoms with Gasteiger partial charge in [-0.2, -0.15) is 5.10 Å². The maximum Gasteiger partial charge on any atom is 0.312 e. The second kappa shape index (κ2) is 8.95. The number of thiophene rings is 1. The Morgan fingerprint density at radius 2 is 1.96 bits per heavy atom. The summed E-state index contributed by atoms with van der Waals surface area (Å²) in [5.74, 6) is -0.158. The minimum atomic E-state index is -0.649. The van der Waals surface area contributed by atoms with Crippen LogP contribution in [0.15, 0.2) is 54.4 Å². The number of urea groups is 1. The monoisotopic (exact) mass is 384 g/mol. The first kappa shape index (κ1) is 18.6. The molecular formula is C18H20N6O2S. The Bertz CT molecular complexity index is 862. The third kappa shape index (κ3) is 5.65. The van der Waals surface area contributed by atoms with Crippen LogP contribution in [-0.4, -0.2) is 26.7 Å². The van der Waals surface area contributed by atoms with Gasteiger partial charge in [0.05, 0.1) is 19.0 Å². The third-order valence-corrected chi connectivity index (χ3v) is 4.90. The Morgan fingerprint density at radius 1 is 1.19 bits per heavy atom. The largest absolute Gasteiger partial charge is 0.352 e. The van der Waals surface area contributed by atoms with E-state index in [2.05, 4.69) is 20.7 Å². The average Bonchev–Trinajstić information content (AvgIpc) is 3.34. The van der Waals surface area contributed by atoms with Crippen molar-refractivity contribution in [2.75, 3.05) is 0 Å². The number of nitrogens with two attached hydrogens (primary N) is 1. The molecule has 2 aromatic heterocycles. The molecule has 2 heterocycles. The topological polar surface area (TPSA) is 115 Å². The Morgan fingerprint density at radius 3 is 2.59 bits per heavy atom. The van der Waals surface area contributed by atoms with Crippen LogP contribution in [0, 0.1) is 0 Å². The number of hydrogen-bond acceptors (Lipinski definition) is 5. The number of hydrogen-bond donors (Lipinski definition) is 3. The van der Waals surface area contributed by atoms with Crippen molar-refractivity contribution in [3.8, 4) is 0 Å². The lowest BCUT2D eigenvalue weighted by atomic mass is 10.1. The Hall–Kier alpha value is -3.20. The molecule has 3 rings (SSSR count). The van der Waals surface area contributed by atoms with Gasteiger partial charge in [-0.25, -0.2) is 14.5 Å². The standard InChI is InChI=1S/C18H20N6O2S/c19-18(26)23-15(16-2-1-7-27-16)8-17(25)21-9-13-3-5-14(6-4-13)10-24-12-20-11-22-24/h1-7,11-12,15H,8-10H2,(H,21,25)(H3,19,23,26). The highest BCUT2D eigenvalue weighted by atomic mass is 32.1. The number of aromatic nitrogens is 3. The molecule has 9 heteroatoms. The van der Waals surface area contributed by atoms with Gasteiger partial charge in [0, 0.05) is 11.4 Å². The van der Waals surface area contributed by atoms with E-state index in [9.17, 15) is 9.59 Å². The fraction of sp³-hybridized carbons (Fsp3) is 0.222. The van der Waals surface area contributed by atoms with Gasteiger partial charge in [-0.15, -0.1) is 11.3 Å². The normalized spacial score (nSPS) is 11.7. The molecule has 1 unspecified atom stereocenters. The summed E-state index contributed by atoms with van der Waals surface area (Å²) in [6.45, 7) is 1.06. The second-order valence-corrected chi connectivity index (χ2v) is 6.95. The smallest absolute Gasteiger partial charge is 0.312 e. The van der Waals surface area contributed by atoms with Crippen LogP contribution < -0.4 is 16.4 Å². The Kier molecular flexibility index (Phi) is 6.16. The number of nitrogens with zero attached hydrogens (tertiary/aromatic N) is 3. The molecule has 1 aromatic carbocycles. The highest BCUT2D eigenvalue weighted by molar-refractivity contribution is 7.10. The van der Waals surface area contributed by atoms with E-state index in [1.165, 1.54) is 17.7 Å². The molecule has 140 valence electrons. The van der Waals surface area contributed by atoms with Gasteiger partial charge in [-0.3, -0.25) is 4.79 Å². The molecule has 4 N–H and O–H groups in total. The summed E-state index contributed by atoms with van der Waals surface area (Å²) in [7, 11) is 0. The second-order valence-electron chi connectivity index (χ2n) is 5.97. The SMILES string of the molecule is NC(=O)NC(CC(=O)NCc1ccc(Cn2cncn2)cc1)c1cccs1. The van der Waals surface area contributed by atoms with Crippen molar-refractivity contribution >= 4 is 23.3 Å². The van der Waals surface area contributed by atoms with Crippen molar-refractivity contribution in [3.63, 3.8) is 0 Å². The Labute approximate surface area is 160 Å². The molecule has 0 fully saturated rings. The molecule has 27 heavy (non-hydrogen) atoms. The zero-order valence-electron chi connectivity index (χ0n) is 14.5. The minimum absolute atomic E-state index is 0.133. The maximum atomic E-state index is 12.3. The van der Waals surface area contributed by atoms with E-state index >= 15 is 0 Å². The van der Waals surface area contributed by atoms with Gasteiger partial charge in [-0.05, 0) is 22.6 Å². The first-order valence-corrected chi connectivity index (χ1v) is 9.24. The van der Waals surface area contributed by atoms with Crippen molar-refractivity contribution in [1.29, 1.82) is 0 Å². The summed E-state index contributed by atoms with van der Waals surface area (Å²) in [5.41, 5.74) is 7.30. The van der Waals surface area contributed by atoms with E-state index in [1.54, 1.807) is 11.0 Å². The zero-order valence-corrected chi connectivity index (χ0v) is 15.4. The van der Waals surface area contributed by atoms with E-state index in [0.717, 1.165) is 16.0 Å². The summed E-state index contributed by atoms with van der Waals surface area (Å²) >= 11 is 1.47. The number of benzene rings is 1. The molecule has 3 aromatic rings. The average molecular weight is 384 g/mol. The van der Waals surface area contributed by atoms with Crippen LogP contribution in [0.25, 0.3) is 0 Å². The van der Waals surface area contributed by atoms with Crippen LogP contribution in [0.1, 0.15) is 28.5 Å². The van der Waals surface area contributed by atoms with Gasteiger partial charge in [0.25, 0.3) is 0 Å². The summed E-state index contributed by atoms with van der Waals surface area (Å²) in [6.07, 6.45) is 3.30. The minimum Gasteiger partial charge on any atom is -0.352 e. The lowest BCUT2D eigenvalue weighted by Crippen LogP contribution is -2.36. The lowest BCUT2D eigenvalue weighted by Gasteiger charge is -2.16. The van der Waals surface area contributed by atoms with E-state index < -0.39 is 12.1 Å². The van der Waals surface area contributed by atoms with Gasteiger partial charge in [-0.1, -0.05) is 30.3 Å². The third-order valence-electron chi connectivity index (χ3n) is 3.92. The summed E-state index contributed by atoms with van der Waals surface area (Å²) in [4.78, 5) is 28.3. The molecule has 3 amide bonds. The highest BCUT2D eigenvalue weighted by Gasteiger charge is 2.18. The van der Waals surface area contributed by atoms with Gasteiger partial charge in [0.15, 0.2) is 0 Å². The van der Waals surface area contributed by atoms with Crippen LogP contribution >= 0.6 is 11.3 Å². The highest BCUT2D eigenvalue weighted by Crippen LogP contribution is 2.21. The number of rotatable bonds is 8. The summed E-state index contributed by atoms with van der Waals surface area (Å²) < 4.78 is 1.74. The summed E-state index contributed by atoms with van der Waals surface area (Å²) in [5, 5.41) is 11.5. The maximum absolute atomic E-state index is 12.3. The number of primary amides is 1. The molecule has 0 aliphatic carbocycles. The molecule has 0 saturated carbocycles. The van der Waals surface area contributed by atoms with Gasteiger partial charge in [0.2, 0.25) is 5.91 Å². The number of nitrogens with one attached hydrogen (secondary N) is 2. The number of carbonyl (C=O) groups excluding carboxylic acids is 2. The zero-order chi connectivity index (χ0) is 19.1. The van der Waals surface area contributed by atoms with E-state index in [1.807, 2.05) is 41.8 Å². The van der Waals surface area contributed by atoms with Crippen LogP contribution in [0.4, 0.5) is 4.79 Å².